The van der Waals surface area contributed by atoms with E-state index in [1.165, 1.54) is 6.04 Å². The Labute approximate surface area is 102 Å². The summed E-state index contributed by atoms with van der Waals surface area (Å²) in [5.41, 5.74) is 0. The van der Waals surface area contributed by atoms with E-state index in [2.05, 4.69) is 67.6 Å². The second-order valence-corrected chi connectivity index (χ2v) is 12.4. The van der Waals surface area contributed by atoms with Crippen molar-refractivity contribution in [2.45, 2.75) is 13.0 Å². The van der Waals surface area contributed by atoms with Gasteiger partial charge in [-0.2, -0.15) is 0 Å². The molecule has 0 fully saturated rings. The van der Waals surface area contributed by atoms with E-state index < -0.39 is 8.31 Å². The lowest BCUT2D eigenvalue weighted by Gasteiger charge is -2.14. The Morgan fingerprint density at radius 3 is 1.62 bits per heavy atom. The van der Waals surface area contributed by atoms with Gasteiger partial charge in [-0.15, -0.1) is 0 Å². The highest BCUT2D eigenvalue weighted by Gasteiger charge is 2.14. The summed E-state index contributed by atoms with van der Waals surface area (Å²) in [4.78, 5) is 0. The molecule has 0 N–H and O–H groups in total. The molecule has 2 rings (SSSR count). The van der Waals surface area contributed by atoms with Crippen molar-refractivity contribution < 1.29 is 0 Å². The van der Waals surface area contributed by atoms with E-state index in [0.29, 0.717) is 0 Å². The van der Waals surface area contributed by atoms with Crippen LogP contribution in [0.1, 0.15) is 6.92 Å². The zero-order valence-electron chi connectivity index (χ0n) is 9.77. The molecular weight excluding hydrogens is 224 g/mol. The highest BCUT2D eigenvalue weighted by atomic mass is 29.2. The van der Waals surface area contributed by atoms with Gasteiger partial charge in [0.05, 0.1) is 8.31 Å². The van der Waals surface area contributed by atoms with Gasteiger partial charge in [-0.1, -0.05) is 84.0 Å². The molecule has 0 saturated heterocycles. The van der Waals surface area contributed by atoms with Crippen LogP contribution < -0.4 is 10.4 Å². The van der Waals surface area contributed by atoms with Crippen molar-refractivity contribution in [2.24, 2.45) is 0 Å². The predicted octanol–water partition coefficient (Wildman–Crippen LogP) is 1.13. The molecule has 16 heavy (non-hydrogen) atoms. The van der Waals surface area contributed by atoms with Crippen LogP contribution in [0.4, 0.5) is 0 Å². The van der Waals surface area contributed by atoms with Crippen LogP contribution in [0.2, 0.25) is 6.04 Å². The molecule has 2 aromatic rings. The highest BCUT2D eigenvalue weighted by Crippen LogP contribution is 1.93. The first-order chi connectivity index (χ1) is 7.92. The van der Waals surface area contributed by atoms with E-state index in [-0.39, 0.29) is 9.04 Å². The maximum atomic E-state index is 2.35. The number of hydrogen-bond donors (Lipinski definition) is 0. The van der Waals surface area contributed by atoms with Crippen LogP contribution in [0.5, 0.6) is 0 Å². The second-order valence-electron chi connectivity index (χ2n) is 4.16. The van der Waals surface area contributed by atoms with Gasteiger partial charge in [0.15, 0.2) is 0 Å². The average Bonchev–Trinajstić information content (AvgIpc) is 2.38. The normalized spacial score (nSPS) is 11.4. The zero-order valence-corrected chi connectivity index (χ0v) is 12.3. The van der Waals surface area contributed by atoms with Crippen LogP contribution in [0.3, 0.4) is 0 Å². The van der Waals surface area contributed by atoms with Crippen molar-refractivity contribution in [3.05, 3.63) is 60.7 Å². The van der Waals surface area contributed by atoms with Crippen molar-refractivity contribution >= 4 is 27.7 Å². The van der Waals surface area contributed by atoms with E-state index in [4.69, 9.17) is 0 Å². The molecule has 82 valence electrons. The molecule has 0 amide bonds. The number of rotatable bonds is 4. The summed E-state index contributed by atoms with van der Waals surface area (Å²) in [6.45, 7) is 2.35. The molecule has 0 atom stereocenters. The lowest BCUT2D eigenvalue weighted by atomic mass is 10.4. The quantitative estimate of drug-likeness (QED) is 0.705. The van der Waals surface area contributed by atoms with E-state index >= 15 is 0 Å². The van der Waals surface area contributed by atoms with Gasteiger partial charge in [-0.25, -0.2) is 0 Å². The van der Waals surface area contributed by atoms with Crippen molar-refractivity contribution in [1.82, 2.24) is 0 Å². The fourth-order valence-corrected chi connectivity index (χ4v) is 10.6. The standard InChI is InChI=1S/C14H18Si2/c1-2-15-16(13-9-5-3-6-10-13)14-11-7-4-8-12-14/h3-12,16H,2,15H2,1H3. The third-order valence-electron chi connectivity index (χ3n) is 2.98. The lowest BCUT2D eigenvalue weighted by molar-refractivity contribution is 1.47. The minimum atomic E-state index is -0.812. The minimum Gasteiger partial charge on any atom is -0.0685 e. The molecule has 0 aliphatic heterocycles. The fourth-order valence-electron chi connectivity index (χ4n) is 2.19. The van der Waals surface area contributed by atoms with E-state index in [1.54, 1.807) is 10.4 Å². The summed E-state index contributed by atoms with van der Waals surface area (Å²) < 4.78 is 0. The smallest absolute Gasteiger partial charge is 0.0685 e. The van der Waals surface area contributed by atoms with Crippen molar-refractivity contribution in [3.8, 4) is 0 Å². The van der Waals surface area contributed by atoms with Crippen LogP contribution in [0, 0.1) is 0 Å². The molecule has 0 radical (unpaired) electrons. The van der Waals surface area contributed by atoms with Crippen LogP contribution in [0.25, 0.3) is 0 Å². The third-order valence-corrected chi connectivity index (χ3v) is 12.8. The molecule has 0 nitrogen and oxygen atoms in total. The first kappa shape index (κ1) is 11.4. The fraction of sp³-hybridized carbons (Fsp3) is 0.143. The Hall–Kier alpha value is -1.13. The molecule has 0 unspecified atom stereocenters. The summed E-state index contributed by atoms with van der Waals surface area (Å²) in [5, 5.41) is 3.25. The zero-order chi connectivity index (χ0) is 11.2. The van der Waals surface area contributed by atoms with Crippen molar-refractivity contribution in [2.75, 3.05) is 0 Å². The third kappa shape index (κ3) is 2.71. The highest BCUT2D eigenvalue weighted by molar-refractivity contribution is 7.25. The van der Waals surface area contributed by atoms with E-state index in [0.717, 1.165) is 0 Å². The maximum Gasteiger partial charge on any atom is 0.0890 e. The van der Waals surface area contributed by atoms with Crippen LogP contribution in [-0.2, 0) is 0 Å². The number of hydrogen-bond acceptors (Lipinski definition) is 0. The molecule has 2 aromatic carbocycles. The van der Waals surface area contributed by atoms with Gasteiger partial charge >= 0.3 is 0 Å². The molecule has 0 bridgehead atoms. The van der Waals surface area contributed by atoms with Crippen LogP contribution in [0.15, 0.2) is 60.7 Å². The molecule has 0 spiro atoms. The van der Waals surface area contributed by atoms with Gasteiger partial charge in [0.25, 0.3) is 0 Å². The molecule has 2 heteroatoms. The molecule has 0 aromatic heterocycles. The van der Waals surface area contributed by atoms with Crippen LogP contribution >= 0.6 is 0 Å². The van der Waals surface area contributed by atoms with Crippen molar-refractivity contribution in [1.29, 1.82) is 0 Å². The van der Waals surface area contributed by atoms with Gasteiger partial charge in [0.1, 0.15) is 0 Å². The van der Waals surface area contributed by atoms with Crippen LogP contribution in [-0.4, -0.2) is 17.4 Å². The SMILES string of the molecule is CC[SiH2][SiH](c1ccccc1)c1ccccc1. The Kier molecular flexibility index (Phi) is 4.13. The monoisotopic (exact) mass is 242 g/mol. The molecule has 0 aliphatic rings. The topological polar surface area (TPSA) is 0 Å². The van der Waals surface area contributed by atoms with Gasteiger partial charge in [-0.05, 0) is 0 Å². The largest absolute Gasteiger partial charge is 0.0890 e. The van der Waals surface area contributed by atoms with Crippen molar-refractivity contribution in [3.63, 3.8) is 0 Å². The van der Waals surface area contributed by atoms with E-state index in [9.17, 15) is 0 Å². The predicted molar refractivity (Wildman–Crippen MR) is 78.3 cm³/mol. The summed E-state index contributed by atoms with van der Waals surface area (Å²) in [6.07, 6.45) is 0. The molecular formula is C14H18Si2. The summed E-state index contributed by atoms with van der Waals surface area (Å²) in [5.74, 6) is 0. The molecule has 0 heterocycles. The Balaban J connectivity index is 2.31. The summed E-state index contributed by atoms with van der Waals surface area (Å²) in [7, 11) is -0.733. The van der Waals surface area contributed by atoms with E-state index in [1.807, 2.05) is 0 Å². The lowest BCUT2D eigenvalue weighted by Crippen LogP contribution is -2.47. The second kappa shape index (κ2) is 5.82. The van der Waals surface area contributed by atoms with Gasteiger partial charge < -0.3 is 0 Å². The molecule has 0 aliphatic carbocycles. The Morgan fingerprint density at radius 1 is 0.812 bits per heavy atom. The summed E-state index contributed by atoms with van der Waals surface area (Å²) in [6, 6.07) is 23.7. The maximum absolute atomic E-state index is 2.35. The van der Waals surface area contributed by atoms with Gasteiger partial charge in [0, 0.05) is 9.04 Å². The average molecular weight is 242 g/mol. The van der Waals surface area contributed by atoms with Gasteiger partial charge in [0.2, 0.25) is 0 Å². The first-order valence-electron chi connectivity index (χ1n) is 6.01. The summed E-state index contributed by atoms with van der Waals surface area (Å²) >= 11 is 0. The Bertz CT molecular complexity index is 372. The minimum absolute atomic E-state index is 0.0780. The number of benzene rings is 2. The van der Waals surface area contributed by atoms with Gasteiger partial charge in [-0.3, -0.25) is 0 Å². The Morgan fingerprint density at radius 2 is 1.25 bits per heavy atom. The first-order valence-corrected chi connectivity index (χ1v) is 11.4. The molecule has 0 saturated carbocycles.